The van der Waals surface area contributed by atoms with Gasteiger partial charge in [-0.1, -0.05) is 6.92 Å². The molecule has 2 unspecified atom stereocenters. The van der Waals surface area contributed by atoms with Crippen LogP contribution in [0.1, 0.15) is 19.8 Å². The van der Waals surface area contributed by atoms with Crippen LogP contribution in [0.4, 0.5) is 0 Å². The summed E-state index contributed by atoms with van der Waals surface area (Å²) >= 11 is 0. The molecular weight excluding hydrogens is 262 g/mol. The lowest BCUT2D eigenvalue weighted by atomic mass is 10.0. The maximum absolute atomic E-state index is 12.4. The maximum atomic E-state index is 12.4. The van der Waals surface area contributed by atoms with E-state index in [0.717, 1.165) is 6.42 Å². The molecule has 2 rings (SSSR count). The predicted molar refractivity (Wildman–Crippen MR) is 70.7 cm³/mol. The van der Waals surface area contributed by atoms with Crippen molar-refractivity contribution in [3.63, 3.8) is 0 Å². The first-order valence-electron chi connectivity index (χ1n) is 7.06. The molecule has 2 N–H and O–H groups in total. The van der Waals surface area contributed by atoms with Crippen LogP contribution in [0.15, 0.2) is 0 Å². The van der Waals surface area contributed by atoms with Crippen LogP contribution in [-0.4, -0.2) is 61.5 Å². The molecule has 7 heteroatoms. The summed E-state index contributed by atoms with van der Waals surface area (Å²) in [7, 11) is 0. The first kappa shape index (κ1) is 14.8. The predicted octanol–water partition coefficient (Wildman–Crippen LogP) is -1.12. The average molecular weight is 283 g/mol. The van der Waals surface area contributed by atoms with E-state index in [2.05, 4.69) is 10.6 Å². The summed E-state index contributed by atoms with van der Waals surface area (Å²) in [5, 5.41) is 5.44. The van der Waals surface area contributed by atoms with E-state index in [4.69, 9.17) is 4.74 Å². The van der Waals surface area contributed by atoms with Gasteiger partial charge in [-0.2, -0.15) is 0 Å². The molecule has 0 aliphatic carbocycles. The molecule has 2 atom stereocenters. The molecule has 0 spiro atoms. The number of amides is 3. The van der Waals surface area contributed by atoms with Gasteiger partial charge in [0.2, 0.25) is 17.7 Å². The van der Waals surface area contributed by atoms with E-state index in [0.29, 0.717) is 26.2 Å². The fraction of sp³-hybridized carbons (Fsp3) is 0.769. The van der Waals surface area contributed by atoms with Crippen molar-refractivity contribution in [3.05, 3.63) is 0 Å². The van der Waals surface area contributed by atoms with Crippen molar-refractivity contribution in [1.82, 2.24) is 15.5 Å². The van der Waals surface area contributed by atoms with Gasteiger partial charge in [-0.25, -0.2) is 0 Å². The Kier molecular flexibility index (Phi) is 4.94. The Morgan fingerprint density at radius 2 is 2.30 bits per heavy atom. The standard InChI is InChI=1S/C13H21N3O4/c1-2-3-14-12(18)10-8-20-5-4-16(10)13(19)9-6-11(17)15-7-9/h9-10H,2-8H2,1H3,(H,14,18)(H,15,17). The molecular formula is C13H21N3O4. The normalized spacial score (nSPS) is 26.2. The molecule has 0 aromatic rings. The molecule has 2 aliphatic rings. The number of ether oxygens (including phenoxy) is 1. The SMILES string of the molecule is CCCNC(=O)C1COCCN1C(=O)C1CNC(=O)C1. The molecule has 3 amide bonds. The molecule has 7 nitrogen and oxygen atoms in total. The van der Waals surface area contributed by atoms with Crippen molar-refractivity contribution in [3.8, 4) is 0 Å². The Hall–Kier alpha value is -1.63. The number of hydrogen-bond donors (Lipinski definition) is 2. The van der Waals surface area contributed by atoms with Gasteiger partial charge in [0.1, 0.15) is 6.04 Å². The van der Waals surface area contributed by atoms with Crippen LogP contribution in [0.3, 0.4) is 0 Å². The molecule has 2 heterocycles. The number of morpholine rings is 1. The van der Waals surface area contributed by atoms with E-state index in [9.17, 15) is 14.4 Å². The highest BCUT2D eigenvalue weighted by molar-refractivity contribution is 5.92. The number of carbonyl (C=O) groups is 3. The lowest BCUT2D eigenvalue weighted by molar-refractivity contribution is -0.151. The number of hydrogen-bond acceptors (Lipinski definition) is 4. The first-order valence-corrected chi connectivity index (χ1v) is 7.06. The van der Waals surface area contributed by atoms with E-state index in [1.807, 2.05) is 6.92 Å². The zero-order chi connectivity index (χ0) is 14.5. The molecule has 0 saturated carbocycles. The zero-order valence-electron chi connectivity index (χ0n) is 11.7. The molecule has 2 aliphatic heterocycles. The third kappa shape index (κ3) is 3.27. The van der Waals surface area contributed by atoms with Gasteiger partial charge in [0.05, 0.1) is 19.1 Å². The fourth-order valence-corrected chi connectivity index (χ4v) is 2.46. The third-order valence-electron chi connectivity index (χ3n) is 3.59. The Balaban J connectivity index is 2.00. The van der Waals surface area contributed by atoms with Gasteiger partial charge >= 0.3 is 0 Å². The molecule has 0 bridgehead atoms. The molecule has 2 fully saturated rings. The van der Waals surface area contributed by atoms with Gasteiger partial charge in [-0.15, -0.1) is 0 Å². The van der Waals surface area contributed by atoms with Crippen molar-refractivity contribution in [2.45, 2.75) is 25.8 Å². The summed E-state index contributed by atoms with van der Waals surface area (Å²) in [6.45, 7) is 3.95. The highest BCUT2D eigenvalue weighted by Crippen LogP contribution is 2.17. The second kappa shape index (κ2) is 6.69. The van der Waals surface area contributed by atoms with Crippen molar-refractivity contribution in [2.24, 2.45) is 5.92 Å². The summed E-state index contributed by atoms with van der Waals surface area (Å²) < 4.78 is 5.31. The van der Waals surface area contributed by atoms with Crippen LogP contribution >= 0.6 is 0 Å². The minimum absolute atomic E-state index is 0.108. The Labute approximate surface area is 118 Å². The molecule has 20 heavy (non-hydrogen) atoms. The highest BCUT2D eigenvalue weighted by atomic mass is 16.5. The lowest BCUT2D eigenvalue weighted by Crippen LogP contribution is -2.57. The van der Waals surface area contributed by atoms with E-state index in [1.54, 1.807) is 4.90 Å². The van der Waals surface area contributed by atoms with E-state index in [1.165, 1.54) is 0 Å². The number of carbonyl (C=O) groups excluding carboxylic acids is 3. The van der Waals surface area contributed by atoms with Gasteiger partial charge < -0.3 is 20.3 Å². The highest BCUT2D eigenvalue weighted by Gasteiger charge is 2.38. The van der Waals surface area contributed by atoms with Crippen LogP contribution in [0, 0.1) is 5.92 Å². The molecule has 0 aromatic heterocycles. The van der Waals surface area contributed by atoms with Crippen molar-refractivity contribution >= 4 is 17.7 Å². The topological polar surface area (TPSA) is 87.7 Å². The van der Waals surface area contributed by atoms with Gasteiger partial charge in [-0.05, 0) is 6.42 Å². The molecule has 0 aromatic carbocycles. The Morgan fingerprint density at radius 1 is 1.50 bits per heavy atom. The summed E-state index contributed by atoms with van der Waals surface area (Å²) in [6.07, 6.45) is 1.05. The fourth-order valence-electron chi connectivity index (χ4n) is 2.46. The molecule has 112 valence electrons. The van der Waals surface area contributed by atoms with Crippen LogP contribution in [-0.2, 0) is 19.1 Å². The first-order chi connectivity index (χ1) is 9.63. The van der Waals surface area contributed by atoms with Gasteiger partial charge in [0.15, 0.2) is 0 Å². The van der Waals surface area contributed by atoms with Crippen molar-refractivity contribution in [1.29, 1.82) is 0 Å². The van der Waals surface area contributed by atoms with Gasteiger partial charge in [-0.3, -0.25) is 14.4 Å². The maximum Gasteiger partial charge on any atom is 0.245 e. The number of nitrogens with one attached hydrogen (secondary N) is 2. The largest absolute Gasteiger partial charge is 0.377 e. The minimum Gasteiger partial charge on any atom is -0.377 e. The van der Waals surface area contributed by atoms with Gasteiger partial charge in [0, 0.05) is 26.1 Å². The zero-order valence-corrected chi connectivity index (χ0v) is 11.7. The Morgan fingerprint density at radius 3 is 2.95 bits per heavy atom. The average Bonchev–Trinajstić information content (AvgIpc) is 2.90. The van der Waals surface area contributed by atoms with Crippen molar-refractivity contribution in [2.75, 3.05) is 32.8 Å². The number of nitrogens with zero attached hydrogens (tertiary/aromatic N) is 1. The van der Waals surface area contributed by atoms with Crippen LogP contribution < -0.4 is 10.6 Å². The van der Waals surface area contributed by atoms with Crippen LogP contribution in [0.2, 0.25) is 0 Å². The summed E-state index contributed by atoms with van der Waals surface area (Å²) in [4.78, 5) is 37.3. The summed E-state index contributed by atoms with van der Waals surface area (Å²) in [6, 6.07) is -0.585. The number of rotatable bonds is 4. The monoisotopic (exact) mass is 283 g/mol. The van der Waals surface area contributed by atoms with E-state index >= 15 is 0 Å². The second-order valence-electron chi connectivity index (χ2n) is 5.12. The van der Waals surface area contributed by atoms with E-state index in [-0.39, 0.29) is 36.7 Å². The van der Waals surface area contributed by atoms with Crippen LogP contribution in [0.25, 0.3) is 0 Å². The third-order valence-corrected chi connectivity index (χ3v) is 3.59. The Bertz CT molecular complexity index is 399. The smallest absolute Gasteiger partial charge is 0.245 e. The molecule has 2 saturated heterocycles. The quantitative estimate of drug-likeness (QED) is 0.684. The van der Waals surface area contributed by atoms with E-state index < -0.39 is 6.04 Å². The van der Waals surface area contributed by atoms with Crippen molar-refractivity contribution < 1.29 is 19.1 Å². The second-order valence-corrected chi connectivity index (χ2v) is 5.12. The van der Waals surface area contributed by atoms with Gasteiger partial charge in [0.25, 0.3) is 0 Å². The summed E-state index contributed by atoms with van der Waals surface area (Å²) in [5.41, 5.74) is 0. The van der Waals surface area contributed by atoms with Crippen LogP contribution in [0.5, 0.6) is 0 Å². The summed E-state index contributed by atoms with van der Waals surface area (Å²) in [5.74, 6) is -0.786. The molecule has 0 radical (unpaired) electrons. The lowest BCUT2D eigenvalue weighted by Gasteiger charge is -2.35. The minimum atomic E-state index is -0.585.